The van der Waals surface area contributed by atoms with E-state index >= 15 is 0 Å². The van der Waals surface area contributed by atoms with Gasteiger partial charge in [0, 0.05) is 12.0 Å². The molecule has 7 heteroatoms. The van der Waals surface area contributed by atoms with Crippen LogP contribution in [-0.2, 0) is 0 Å². The highest BCUT2D eigenvalue weighted by atomic mass is 32.1. The van der Waals surface area contributed by atoms with Crippen LogP contribution in [0.25, 0.3) is 0 Å². The van der Waals surface area contributed by atoms with Crippen LogP contribution < -0.4 is 5.32 Å². The maximum Gasteiger partial charge on any atom is 0.338 e. The molecular formula is C12H10N2O4S. The molecule has 1 amide bonds. The Morgan fingerprint density at radius 2 is 2.26 bits per heavy atom. The van der Waals surface area contributed by atoms with Crippen molar-refractivity contribution in [2.45, 2.75) is 18.8 Å². The summed E-state index contributed by atoms with van der Waals surface area (Å²) in [5.74, 6) is -0.434. The molecule has 1 fully saturated rings. The van der Waals surface area contributed by atoms with Gasteiger partial charge in [-0.25, -0.2) is 4.79 Å². The van der Waals surface area contributed by atoms with E-state index in [-0.39, 0.29) is 11.3 Å². The lowest BCUT2D eigenvalue weighted by Gasteiger charge is -2.00. The van der Waals surface area contributed by atoms with Gasteiger partial charge >= 0.3 is 5.97 Å². The largest absolute Gasteiger partial charge is 0.478 e. The van der Waals surface area contributed by atoms with E-state index in [0.29, 0.717) is 10.9 Å². The molecule has 0 spiro atoms. The van der Waals surface area contributed by atoms with E-state index in [1.807, 2.05) is 0 Å². The van der Waals surface area contributed by atoms with E-state index in [2.05, 4.69) is 10.5 Å². The smallest absolute Gasteiger partial charge is 0.338 e. The Kier molecular flexibility index (Phi) is 2.83. The van der Waals surface area contributed by atoms with Gasteiger partial charge < -0.3 is 14.9 Å². The van der Waals surface area contributed by atoms with Crippen molar-refractivity contribution in [3.05, 3.63) is 34.5 Å². The summed E-state index contributed by atoms with van der Waals surface area (Å²) in [4.78, 5) is 22.8. The maximum atomic E-state index is 11.9. The second-order valence-corrected chi connectivity index (χ2v) is 5.23. The van der Waals surface area contributed by atoms with Crippen LogP contribution in [0.2, 0.25) is 0 Å². The van der Waals surface area contributed by atoms with Crippen LogP contribution in [0.1, 0.15) is 45.4 Å². The fourth-order valence-corrected chi connectivity index (χ4v) is 2.47. The molecule has 2 heterocycles. The van der Waals surface area contributed by atoms with E-state index in [0.717, 1.165) is 29.9 Å². The second-order valence-electron chi connectivity index (χ2n) is 4.31. The highest BCUT2D eigenvalue weighted by Gasteiger charge is 2.29. The molecule has 0 aromatic carbocycles. The molecule has 0 atom stereocenters. The zero-order chi connectivity index (χ0) is 13.4. The molecule has 0 unspecified atom stereocenters. The van der Waals surface area contributed by atoms with E-state index in [4.69, 9.17) is 9.63 Å². The highest BCUT2D eigenvalue weighted by molar-refractivity contribution is 7.14. The first-order valence-electron chi connectivity index (χ1n) is 5.74. The number of nitrogens with zero attached hydrogens (tertiary/aromatic N) is 1. The molecule has 2 aromatic heterocycles. The number of anilines is 1. The molecule has 1 aliphatic rings. The zero-order valence-corrected chi connectivity index (χ0v) is 10.6. The molecule has 0 aliphatic heterocycles. The lowest BCUT2D eigenvalue weighted by Crippen LogP contribution is -2.13. The predicted molar refractivity (Wildman–Crippen MR) is 67.7 cm³/mol. The van der Waals surface area contributed by atoms with Gasteiger partial charge in [0.05, 0.1) is 5.56 Å². The summed E-state index contributed by atoms with van der Waals surface area (Å²) in [6, 6.07) is 3.06. The van der Waals surface area contributed by atoms with E-state index in [1.54, 1.807) is 11.4 Å². The van der Waals surface area contributed by atoms with Crippen molar-refractivity contribution < 1.29 is 19.2 Å². The van der Waals surface area contributed by atoms with Crippen LogP contribution in [0.5, 0.6) is 0 Å². The third-order valence-corrected chi connectivity index (χ3v) is 3.69. The van der Waals surface area contributed by atoms with Gasteiger partial charge in [0.15, 0.2) is 5.69 Å². The summed E-state index contributed by atoms with van der Waals surface area (Å²) >= 11 is 1.16. The number of rotatable bonds is 4. The summed E-state index contributed by atoms with van der Waals surface area (Å²) < 4.78 is 5.08. The number of carbonyl (C=O) groups is 2. The average molecular weight is 278 g/mol. The second kappa shape index (κ2) is 4.51. The molecule has 1 saturated carbocycles. The lowest BCUT2D eigenvalue weighted by molar-refractivity contribution is 0.0698. The number of hydrogen-bond donors (Lipinski definition) is 2. The Bertz CT molecular complexity index is 642. The lowest BCUT2D eigenvalue weighted by atomic mass is 10.2. The first kappa shape index (κ1) is 11.9. The number of carboxylic acids is 1. The minimum absolute atomic E-state index is 0.0734. The molecule has 0 radical (unpaired) electrons. The SMILES string of the molecule is O=C(Nc1sccc1C(=O)O)c1cc(C2CC2)on1. The van der Waals surface area contributed by atoms with Crippen molar-refractivity contribution in [1.82, 2.24) is 5.16 Å². The summed E-state index contributed by atoms with van der Waals surface area (Å²) in [6.45, 7) is 0. The Labute approximate surface area is 112 Å². The van der Waals surface area contributed by atoms with Crippen LogP contribution >= 0.6 is 11.3 Å². The van der Waals surface area contributed by atoms with Gasteiger partial charge in [-0.3, -0.25) is 4.79 Å². The molecule has 2 aromatic rings. The molecule has 0 saturated heterocycles. The zero-order valence-electron chi connectivity index (χ0n) is 9.75. The van der Waals surface area contributed by atoms with Crippen LogP contribution in [0.4, 0.5) is 5.00 Å². The Morgan fingerprint density at radius 1 is 1.47 bits per heavy atom. The quantitative estimate of drug-likeness (QED) is 0.896. The third-order valence-electron chi connectivity index (χ3n) is 2.86. The van der Waals surface area contributed by atoms with Gasteiger partial charge in [-0.2, -0.15) is 0 Å². The highest BCUT2D eigenvalue weighted by Crippen LogP contribution is 2.40. The molecule has 98 valence electrons. The van der Waals surface area contributed by atoms with Crippen molar-refractivity contribution >= 4 is 28.2 Å². The van der Waals surface area contributed by atoms with Gasteiger partial charge in [0.25, 0.3) is 5.91 Å². The van der Waals surface area contributed by atoms with Gasteiger partial charge in [-0.1, -0.05) is 5.16 Å². The number of carboxylic acid groups (broad SMARTS) is 1. The Balaban J connectivity index is 1.76. The standard InChI is InChI=1S/C12H10N2O4S/c15-10(8-5-9(18-14-8)6-1-2-6)13-11-7(12(16)17)3-4-19-11/h3-6H,1-2H2,(H,13,15)(H,16,17). The van der Waals surface area contributed by atoms with E-state index < -0.39 is 11.9 Å². The number of aromatic carboxylic acids is 1. The number of hydrogen-bond acceptors (Lipinski definition) is 5. The number of thiophene rings is 1. The maximum absolute atomic E-state index is 11.9. The number of aromatic nitrogens is 1. The fraction of sp³-hybridized carbons (Fsp3) is 0.250. The van der Waals surface area contributed by atoms with Crippen LogP contribution in [0.3, 0.4) is 0 Å². The van der Waals surface area contributed by atoms with E-state index in [9.17, 15) is 9.59 Å². The normalized spacial score (nSPS) is 14.3. The average Bonchev–Trinajstić information content (AvgIpc) is 2.92. The third kappa shape index (κ3) is 2.37. The van der Waals surface area contributed by atoms with Crippen molar-refractivity contribution in [3.63, 3.8) is 0 Å². The minimum Gasteiger partial charge on any atom is -0.478 e. The first-order valence-corrected chi connectivity index (χ1v) is 6.62. The van der Waals surface area contributed by atoms with Crippen molar-refractivity contribution in [2.24, 2.45) is 0 Å². The fourth-order valence-electron chi connectivity index (χ4n) is 1.70. The summed E-state index contributed by atoms with van der Waals surface area (Å²) in [5, 5.41) is 17.1. The van der Waals surface area contributed by atoms with E-state index in [1.165, 1.54) is 6.07 Å². The number of nitrogens with one attached hydrogen (secondary N) is 1. The van der Waals surface area contributed by atoms with Crippen LogP contribution in [0, 0.1) is 0 Å². The summed E-state index contributed by atoms with van der Waals surface area (Å²) in [6.07, 6.45) is 2.12. The van der Waals surface area contributed by atoms with Gasteiger partial charge in [0.2, 0.25) is 0 Å². The number of amides is 1. The molecule has 3 rings (SSSR count). The molecule has 1 aliphatic carbocycles. The molecule has 6 nitrogen and oxygen atoms in total. The van der Waals surface area contributed by atoms with Crippen molar-refractivity contribution in [1.29, 1.82) is 0 Å². The van der Waals surface area contributed by atoms with Crippen LogP contribution in [0.15, 0.2) is 22.0 Å². The topological polar surface area (TPSA) is 92.4 Å². The first-order chi connectivity index (χ1) is 9.15. The van der Waals surface area contributed by atoms with Gasteiger partial charge in [-0.05, 0) is 24.3 Å². The summed E-state index contributed by atoms with van der Waals surface area (Å²) in [5.41, 5.74) is 0.246. The van der Waals surface area contributed by atoms with Crippen molar-refractivity contribution in [3.8, 4) is 0 Å². The Hall–Kier alpha value is -2.15. The molecule has 19 heavy (non-hydrogen) atoms. The van der Waals surface area contributed by atoms with Gasteiger partial charge in [0.1, 0.15) is 10.8 Å². The number of carbonyl (C=O) groups excluding carboxylic acids is 1. The molecule has 2 N–H and O–H groups in total. The summed E-state index contributed by atoms with van der Waals surface area (Å²) in [7, 11) is 0. The van der Waals surface area contributed by atoms with Crippen LogP contribution in [-0.4, -0.2) is 22.1 Å². The Morgan fingerprint density at radius 3 is 2.95 bits per heavy atom. The monoisotopic (exact) mass is 278 g/mol. The predicted octanol–water partition coefficient (Wildman–Crippen LogP) is 2.56. The minimum atomic E-state index is -1.07. The molecule has 0 bridgehead atoms. The van der Waals surface area contributed by atoms with Crippen molar-refractivity contribution in [2.75, 3.05) is 5.32 Å². The molecular weight excluding hydrogens is 268 g/mol. The van der Waals surface area contributed by atoms with Gasteiger partial charge in [-0.15, -0.1) is 11.3 Å².